The van der Waals surface area contributed by atoms with Crippen molar-refractivity contribution in [2.24, 2.45) is 0 Å². The maximum absolute atomic E-state index is 5.44. The zero-order chi connectivity index (χ0) is 18.9. The molecule has 148 valence electrons. The molecule has 0 radical (unpaired) electrons. The van der Waals surface area contributed by atoms with Crippen LogP contribution in [0.25, 0.3) is 0 Å². The molecule has 1 aromatic heterocycles. The van der Waals surface area contributed by atoms with Gasteiger partial charge in [0, 0.05) is 25.6 Å². The van der Waals surface area contributed by atoms with Gasteiger partial charge in [-0.3, -0.25) is 9.80 Å². The SMILES string of the molecule is CCCCc1nc(CN(CCC)C2CCCN(Cc3ccccc3)C2)no1. The molecule has 1 aliphatic heterocycles. The van der Waals surface area contributed by atoms with Crippen LogP contribution in [-0.4, -0.2) is 45.6 Å². The summed E-state index contributed by atoms with van der Waals surface area (Å²) in [5.74, 6) is 1.63. The highest BCUT2D eigenvalue weighted by molar-refractivity contribution is 5.14. The highest BCUT2D eigenvalue weighted by Gasteiger charge is 2.26. The number of hydrogen-bond acceptors (Lipinski definition) is 5. The molecule has 2 aromatic rings. The minimum absolute atomic E-state index is 0.569. The van der Waals surface area contributed by atoms with Crippen LogP contribution < -0.4 is 0 Å². The van der Waals surface area contributed by atoms with Crippen LogP contribution in [-0.2, 0) is 19.5 Å². The minimum atomic E-state index is 0.569. The summed E-state index contributed by atoms with van der Waals surface area (Å²) >= 11 is 0. The van der Waals surface area contributed by atoms with E-state index in [-0.39, 0.29) is 0 Å². The first-order valence-electron chi connectivity index (χ1n) is 10.6. The van der Waals surface area contributed by atoms with Crippen molar-refractivity contribution in [2.75, 3.05) is 19.6 Å². The van der Waals surface area contributed by atoms with Crippen molar-refractivity contribution in [3.63, 3.8) is 0 Å². The fourth-order valence-corrected chi connectivity index (χ4v) is 3.96. The third kappa shape index (κ3) is 6.15. The molecule has 1 aliphatic rings. The summed E-state index contributed by atoms with van der Waals surface area (Å²) in [4.78, 5) is 9.77. The van der Waals surface area contributed by atoms with Crippen LogP contribution in [0.4, 0.5) is 0 Å². The van der Waals surface area contributed by atoms with E-state index in [1.165, 1.54) is 24.9 Å². The second kappa shape index (κ2) is 10.6. The van der Waals surface area contributed by atoms with Gasteiger partial charge < -0.3 is 4.52 Å². The van der Waals surface area contributed by atoms with Gasteiger partial charge in [0.2, 0.25) is 5.89 Å². The summed E-state index contributed by atoms with van der Waals surface area (Å²) in [6, 6.07) is 11.4. The molecular weight excluding hydrogens is 336 g/mol. The number of rotatable bonds is 10. The number of aromatic nitrogens is 2. The van der Waals surface area contributed by atoms with Crippen LogP contribution in [0.15, 0.2) is 34.9 Å². The first-order valence-corrected chi connectivity index (χ1v) is 10.6. The maximum atomic E-state index is 5.44. The van der Waals surface area contributed by atoms with Crippen LogP contribution in [0.3, 0.4) is 0 Å². The lowest BCUT2D eigenvalue weighted by Crippen LogP contribution is -2.47. The molecule has 0 saturated carbocycles. The maximum Gasteiger partial charge on any atom is 0.226 e. The van der Waals surface area contributed by atoms with E-state index < -0.39 is 0 Å². The fourth-order valence-electron chi connectivity index (χ4n) is 3.96. The lowest BCUT2D eigenvalue weighted by molar-refractivity contribution is 0.0852. The zero-order valence-corrected chi connectivity index (χ0v) is 16.9. The molecule has 1 aromatic carbocycles. The third-order valence-electron chi connectivity index (χ3n) is 5.36. The molecule has 0 aliphatic carbocycles. The van der Waals surface area contributed by atoms with Gasteiger partial charge in [-0.2, -0.15) is 4.98 Å². The number of benzene rings is 1. The molecule has 0 N–H and O–H groups in total. The number of hydrogen-bond donors (Lipinski definition) is 0. The molecule has 1 saturated heterocycles. The fraction of sp³-hybridized carbons (Fsp3) is 0.636. The Labute approximate surface area is 163 Å². The van der Waals surface area contributed by atoms with E-state index in [0.717, 1.165) is 63.6 Å². The molecule has 0 spiro atoms. The molecule has 27 heavy (non-hydrogen) atoms. The smallest absolute Gasteiger partial charge is 0.226 e. The Morgan fingerprint density at radius 2 is 2.04 bits per heavy atom. The lowest BCUT2D eigenvalue weighted by Gasteiger charge is -2.39. The van der Waals surface area contributed by atoms with Crippen LogP contribution in [0.2, 0.25) is 0 Å². The molecule has 5 heteroatoms. The van der Waals surface area contributed by atoms with Gasteiger partial charge in [-0.05, 0) is 44.3 Å². The molecule has 0 bridgehead atoms. The van der Waals surface area contributed by atoms with Gasteiger partial charge >= 0.3 is 0 Å². The second-order valence-corrected chi connectivity index (χ2v) is 7.70. The van der Waals surface area contributed by atoms with E-state index in [9.17, 15) is 0 Å². The van der Waals surface area contributed by atoms with Crippen LogP contribution in [0, 0.1) is 0 Å². The molecule has 1 unspecified atom stereocenters. The number of likely N-dealkylation sites (tertiary alicyclic amines) is 1. The second-order valence-electron chi connectivity index (χ2n) is 7.70. The Bertz CT molecular complexity index is 657. The van der Waals surface area contributed by atoms with E-state index in [1.807, 2.05) is 0 Å². The predicted octanol–water partition coefficient (Wildman–Crippen LogP) is 4.29. The van der Waals surface area contributed by atoms with Crippen molar-refractivity contribution in [3.8, 4) is 0 Å². The molecule has 5 nitrogen and oxygen atoms in total. The van der Waals surface area contributed by atoms with Crippen LogP contribution in [0.5, 0.6) is 0 Å². The van der Waals surface area contributed by atoms with Gasteiger partial charge in [-0.1, -0.05) is 55.8 Å². The standard InChI is InChI=1S/C22H34N4O/c1-3-5-13-22-23-21(24-27-22)18-26(14-4-2)20-12-9-15-25(17-20)16-19-10-7-6-8-11-19/h6-8,10-11,20H,3-5,9,12-18H2,1-2H3. The van der Waals surface area contributed by atoms with Gasteiger partial charge in [-0.15, -0.1) is 0 Å². The van der Waals surface area contributed by atoms with Gasteiger partial charge in [0.05, 0.1) is 6.54 Å². The van der Waals surface area contributed by atoms with Gasteiger partial charge in [-0.25, -0.2) is 0 Å². The van der Waals surface area contributed by atoms with Gasteiger partial charge in [0.25, 0.3) is 0 Å². The van der Waals surface area contributed by atoms with Crippen LogP contribution in [0.1, 0.15) is 63.2 Å². The van der Waals surface area contributed by atoms with Crippen molar-refractivity contribution >= 4 is 0 Å². The monoisotopic (exact) mass is 370 g/mol. The summed E-state index contributed by atoms with van der Waals surface area (Å²) in [5.41, 5.74) is 1.40. The predicted molar refractivity (Wildman–Crippen MR) is 108 cm³/mol. The average molecular weight is 371 g/mol. The average Bonchev–Trinajstić information content (AvgIpc) is 3.14. The zero-order valence-electron chi connectivity index (χ0n) is 16.9. The van der Waals surface area contributed by atoms with Gasteiger partial charge in [0.1, 0.15) is 0 Å². The first kappa shape index (κ1) is 20.0. The summed E-state index contributed by atoms with van der Waals surface area (Å²) < 4.78 is 5.44. The van der Waals surface area contributed by atoms with Gasteiger partial charge in [0.15, 0.2) is 5.82 Å². The molecule has 1 atom stereocenters. The van der Waals surface area contributed by atoms with Crippen molar-refractivity contribution in [2.45, 2.75) is 71.5 Å². The van der Waals surface area contributed by atoms with Crippen molar-refractivity contribution in [1.82, 2.24) is 19.9 Å². The Morgan fingerprint density at radius 3 is 2.81 bits per heavy atom. The highest BCUT2D eigenvalue weighted by Crippen LogP contribution is 2.20. The normalized spacial score (nSPS) is 18.3. The Balaban J connectivity index is 1.58. The number of unbranched alkanes of at least 4 members (excludes halogenated alkanes) is 1. The van der Waals surface area contributed by atoms with Crippen molar-refractivity contribution in [1.29, 1.82) is 0 Å². The molecule has 3 rings (SSSR count). The minimum Gasteiger partial charge on any atom is -0.339 e. The third-order valence-corrected chi connectivity index (χ3v) is 5.36. The van der Waals surface area contributed by atoms with E-state index in [2.05, 4.69) is 64.1 Å². The number of nitrogens with zero attached hydrogens (tertiary/aromatic N) is 4. The van der Waals surface area contributed by atoms with E-state index in [1.54, 1.807) is 0 Å². The largest absolute Gasteiger partial charge is 0.339 e. The Morgan fingerprint density at radius 1 is 1.19 bits per heavy atom. The molecule has 0 amide bonds. The molecular formula is C22H34N4O. The van der Waals surface area contributed by atoms with Crippen molar-refractivity contribution in [3.05, 3.63) is 47.6 Å². The first-order chi connectivity index (χ1) is 13.3. The highest BCUT2D eigenvalue weighted by atomic mass is 16.5. The lowest BCUT2D eigenvalue weighted by atomic mass is 10.0. The quantitative estimate of drug-likeness (QED) is 0.624. The van der Waals surface area contributed by atoms with E-state index in [0.29, 0.717) is 6.04 Å². The number of piperidine rings is 1. The Hall–Kier alpha value is -1.72. The summed E-state index contributed by atoms with van der Waals surface area (Å²) in [6.07, 6.45) is 6.81. The summed E-state index contributed by atoms with van der Waals surface area (Å²) in [6.45, 7) is 9.67. The van der Waals surface area contributed by atoms with Crippen molar-refractivity contribution < 1.29 is 4.52 Å². The topological polar surface area (TPSA) is 45.4 Å². The van der Waals surface area contributed by atoms with E-state index in [4.69, 9.17) is 4.52 Å². The Kier molecular flexibility index (Phi) is 7.84. The molecule has 1 fully saturated rings. The van der Waals surface area contributed by atoms with Crippen LogP contribution >= 0.6 is 0 Å². The number of aryl methyl sites for hydroxylation is 1. The molecule has 2 heterocycles. The summed E-state index contributed by atoms with van der Waals surface area (Å²) in [7, 11) is 0. The summed E-state index contributed by atoms with van der Waals surface area (Å²) in [5, 5.41) is 4.23. The van der Waals surface area contributed by atoms with E-state index >= 15 is 0 Å².